The van der Waals surface area contributed by atoms with E-state index in [0.29, 0.717) is 16.6 Å². The molecule has 64 valence electrons. The second-order valence-electron chi connectivity index (χ2n) is 2.72. The first-order chi connectivity index (χ1) is 6.22. The van der Waals surface area contributed by atoms with Crippen molar-refractivity contribution in [3.8, 4) is 6.07 Å². The van der Waals surface area contributed by atoms with Gasteiger partial charge in [0, 0.05) is 10.9 Å². The molecular weight excluding hydrogens is 169 g/mol. The minimum atomic E-state index is -0.462. The van der Waals surface area contributed by atoms with Crippen LogP contribution in [0.5, 0.6) is 0 Å². The largest absolute Gasteiger partial charge is 0.396 e. The summed E-state index contributed by atoms with van der Waals surface area (Å²) in [6.45, 7) is 0. The molecule has 1 aromatic carbocycles. The molecule has 13 heavy (non-hydrogen) atoms. The Labute approximate surface area is 73.6 Å². The van der Waals surface area contributed by atoms with Gasteiger partial charge in [0.2, 0.25) is 0 Å². The Morgan fingerprint density at radius 2 is 2.23 bits per heavy atom. The van der Waals surface area contributed by atoms with Crippen molar-refractivity contribution in [1.82, 2.24) is 4.98 Å². The summed E-state index contributed by atoms with van der Waals surface area (Å²) in [5, 5.41) is 9.14. The van der Waals surface area contributed by atoms with Crippen LogP contribution in [0.4, 0.5) is 10.1 Å². The van der Waals surface area contributed by atoms with Gasteiger partial charge in [0.1, 0.15) is 17.6 Å². The van der Waals surface area contributed by atoms with E-state index in [9.17, 15) is 4.39 Å². The highest BCUT2D eigenvalue weighted by atomic mass is 19.1. The molecule has 0 saturated carbocycles. The Hall–Kier alpha value is -2.02. The van der Waals surface area contributed by atoms with Crippen molar-refractivity contribution in [3.05, 3.63) is 29.7 Å². The van der Waals surface area contributed by atoms with Crippen LogP contribution in [0, 0.1) is 17.1 Å². The predicted octanol–water partition coefficient (Wildman–Crippen LogP) is 1.76. The maximum atomic E-state index is 12.9. The molecule has 3 nitrogen and oxygen atoms in total. The van der Waals surface area contributed by atoms with Gasteiger partial charge in [-0.15, -0.1) is 0 Å². The smallest absolute Gasteiger partial charge is 0.146 e. The zero-order valence-corrected chi connectivity index (χ0v) is 6.63. The Morgan fingerprint density at radius 1 is 1.46 bits per heavy atom. The maximum absolute atomic E-state index is 12.9. The fourth-order valence-electron chi connectivity index (χ4n) is 1.26. The summed E-state index contributed by atoms with van der Waals surface area (Å²) < 4.78 is 12.9. The van der Waals surface area contributed by atoms with Gasteiger partial charge in [-0.1, -0.05) is 0 Å². The number of hydrogen-bond donors (Lipinski definition) is 2. The highest BCUT2D eigenvalue weighted by Crippen LogP contribution is 2.24. The lowest BCUT2D eigenvalue weighted by atomic mass is 10.2. The highest BCUT2D eigenvalue weighted by Gasteiger charge is 2.06. The normalized spacial score (nSPS) is 10.2. The zero-order valence-electron chi connectivity index (χ0n) is 6.63. The average molecular weight is 175 g/mol. The van der Waals surface area contributed by atoms with E-state index in [2.05, 4.69) is 4.98 Å². The van der Waals surface area contributed by atoms with Gasteiger partial charge in [0.25, 0.3) is 0 Å². The number of aromatic nitrogens is 1. The van der Waals surface area contributed by atoms with Gasteiger partial charge in [0.05, 0.1) is 5.69 Å². The van der Waals surface area contributed by atoms with Crippen molar-refractivity contribution in [3.63, 3.8) is 0 Å². The Balaban J connectivity index is 2.86. The summed E-state index contributed by atoms with van der Waals surface area (Å²) in [6.07, 6.45) is 0. The van der Waals surface area contributed by atoms with E-state index in [1.165, 1.54) is 12.1 Å². The van der Waals surface area contributed by atoms with Crippen molar-refractivity contribution >= 4 is 16.6 Å². The van der Waals surface area contributed by atoms with Gasteiger partial charge >= 0.3 is 0 Å². The number of nitriles is 1. The lowest BCUT2D eigenvalue weighted by molar-refractivity contribution is 0.634. The Morgan fingerprint density at radius 3 is 2.92 bits per heavy atom. The number of H-pyrrole nitrogens is 1. The molecule has 3 N–H and O–H groups in total. The third-order valence-electron chi connectivity index (χ3n) is 1.91. The van der Waals surface area contributed by atoms with Crippen LogP contribution < -0.4 is 5.73 Å². The number of hydrogen-bond acceptors (Lipinski definition) is 2. The highest BCUT2D eigenvalue weighted by molar-refractivity contribution is 5.92. The van der Waals surface area contributed by atoms with Crippen molar-refractivity contribution in [2.75, 3.05) is 5.73 Å². The molecular formula is C9H6FN3. The summed E-state index contributed by atoms with van der Waals surface area (Å²) in [5.74, 6) is -0.462. The summed E-state index contributed by atoms with van der Waals surface area (Å²) in [7, 11) is 0. The van der Waals surface area contributed by atoms with E-state index in [-0.39, 0.29) is 5.69 Å². The number of anilines is 1. The molecule has 0 aliphatic carbocycles. The number of nitrogens with one attached hydrogen (secondary N) is 1. The van der Waals surface area contributed by atoms with Gasteiger partial charge in [0.15, 0.2) is 0 Å². The molecule has 0 radical (unpaired) electrons. The van der Waals surface area contributed by atoms with Gasteiger partial charge in [-0.2, -0.15) is 5.26 Å². The molecule has 0 atom stereocenters. The third kappa shape index (κ3) is 1.02. The van der Waals surface area contributed by atoms with Crippen LogP contribution in [0.15, 0.2) is 18.2 Å². The molecule has 1 aromatic heterocycles. The van der Waals surface area contributed by atoms with Crippen LogP contribution in [0.25, 0.3) is 10.9 Å². The van der Waals surface area contributed by atoms with Crippen molar-refractivity contribution in [1.29, 1.82) is 5.26 Å². The molecule has 4 heteroatoms. The van der Waals surface area contributed by atoms with E-state index in [4.69, 9.17) is 11.0 Å². The number of nitrogens with zero attached hydrogens (tertiary/aromatic N) is 1. The molecule has 2 aromatic rings. The van der Waals surface area contributed by atoms with Crippen LogP contribution in [0.1, 0.15) is 5.69 Å². The minimum absolute atomic E-state index is 0.0789. The van der Waals surface area contributed by atoms with Crippen molar-refractivity contribution in [2.45, 2.75) is 0 Å². The van der Waals surface area contributed by atoms with Crippen molar-refractivity contribution in [2.24, 2.45) is 0 Å². The molecule has 0 aliphatic heterocycles. The van der Waals surface area contributed by atoms with Gasteiger partial charge in [-0.25, -0.2) is 4.39 Å². The average Bonchev–Trinajstić information content (AvgIpc) is 2.55. The predicted molar refractivity (Wildman–Crippen MR) is 47.4 cm³/mol. The summed E-state index contributed by atoms with van der Waals surface area (Å²) in [5.41, 5.74) is 6.62. The Bertz CT molecular complexity index is 507. The number of aromatic amines is 1. The van der Waals surface area contributed by atoms with Crippen LogP contribution in [0.2, 0.25) is 0 Å². The molecule has 0 spiro atoms. The first-order valence-corrected chi connectivity index (χ1v) is 3.69. The van der Waals surface area contributed by atoms with Crippen LogP contribution in [-0.4, -0.2) is 4.98 Å². The van der Waals surface area contributed by atoms with Crippen LogP contribution in [-0.2, 0) is 0 Å². The molecule has 0 aliphatic rings. The maximum Gasteiger partial charge on any atom is 0.146 e. The Kier molecular flexibility index (Phi) is 1.46. The van der Waals surface area contributed by atoms with Gasteiger partial charge in [-0.05, 0) is 18.2 Å². The van der Waals surface area contributed by atoms with E-state index < -0.39 is 5.82 Å². The third-order valence-corrected chi connectivity index (χ3v) is 1.91. The number of fused-ring (bicyclic) bond motifs is 1. The molecule has 0 saturated heterocycles. The standard InChI is InChI=1S/C9H6FN3/c10-7-1-2-8-6(9(7)12)3-5(4-11)13-8/h1-3,13H,12H2. The van der Waals surface area contributed by atoms with Crippen LogP contribution in [0.3, 0.4) is 0 Å². The van der Waals surface area contributed by atoms with Crippen LogP contribution >= 0.6 is 0 Å². The molecule has 0 amide bonds. The number of halogens is 1. The van der Waals surface area contributed by atoms with E-state index in [1.807, 2.05) is 6.07 Å². The first-order valence-electron chi connectivity index (χ1n) is 3.69. The van der Waals surface area contributed by atoms with E-state index in [0.717, 1.165) is 0 Å². The molecule has 0 unspecified atom stereocenters. The second kappa shape index (κ2) is 2.49. The SMILES string of the molecule is N#Cc1cc2c(N)c(F)ccc2[nH]1. The van der Waals surface area contributed by atoms with Gasteiger partial charge in [-0.3, -0.25) is 0 Å². The monoisotopic (exact) mass is 175 g/mol. The zero-order chi connectivity index (χ0) is 9.42. The first kappa shape index (κ1) is 7.62. The topological polar surface area (TPSA) is 65.6 Å². The number of benzene rings is 1. The fourth-order valence-corrected chi connectivity index (χ4v) is 1.26. The minimum Gasteiger partial charge on any atom is -0.396 e. The van der Waals surface area contributed by atoms with Crippen molar-refractivity contribution < 1.29 is 4.39 Å². The number of nitrogens with two attached hydrogens (primary N) is 1. The molecule has 0 bridgehead atoms. The quantitative estimate of drug-likeness (QED) is 0.599. The second-order valence-corrected chi connectivity index (χ2v) is 2.72. The summed E-state index contributed by atoms with van der Waals surface area (Å²) in [6, 6.07) is 6.30. The number of nitrogen functional groups attached to an aromatic ring is 1. The lowest BCUT2D eigenvalue weighted by Gasteiger charge is -1.96. The van der Waals surface area contributed by atoms with E-state index >= 15 is 0 Å². The summed E-state index contributed by atoms with van der Waals surface area (Å²) in [4.78, 5) is 2.81. The molecule has 2 rings (SSSR count). The summed E-state index contributed by atoms with van der Waals surface area (Å²) >= 11 is 0. The molecule has 0 fully saturated rings. The number of rotatable bonds is 0. The van der Waals surface area contributed by atoms with E-state index in [1.54, 1.807) is 6.07 Å². The lowest BCUT2D eigenvalue weighted by Crippen LogP contribution is -1.89. The fraction of sp³-hybridized carbons (Fsp3) is 0. The van der Waals surface area contributed by atoms with Gasteiger partial charge < -0.3 is 10.7 Å². The molecule has 1 heterocycles.